The van der Waals surface area contributed by atoms with Gasteiger partial charge >= 0.3 is 0 Å². The van der Waals surface area contributed by atoms with Gasteiger partial charge in [-0.1, -0.05) is 158 Å². The molecule has 3 heterocycles. The molecule has 0 spiro atoms. The zero-order chi connectivity index (χ0) is 37.0. The lowest BCUT2D eigenvalue weighted by Crippen LogP contribution is -2.00. The highest BCUT2D eigenvalue weighted by molar-refractivity contribution is 7.26. The fraction of sp³-hybridized carbons (Fsp3) is 0. The third-order valence-corrected chi connectivity index (χ3v) is 11.9. The van der Waals surface area contributed by atoms with E-state index in [9.17, 15) is 0 Å². The molecule has 0 N–H and O–H groups in total. The molecular formula is C51H32N4S. The van der Waals surface area contributed by atoms with E-state index >= 15 is 0 Å². The number of para-hydroxylation sites is 1. The van der Waals surface area contributed by atoms with Crippen molar-refractivity contribution in [1.29, 1.82) is 0 Å². The van der Waals surface area contributed by atoms with E-state index in [-0.39, 0.29) is 0 Å². The number of hydrogen-bond donors (Lipinski definition) is 0. The number of aromatic nitrogens is 4. The molecule has 8 aromatic carbocycles. The summed E-state index contributed by atoms with van der Waals surface area (Å²) < 4.78 is 4.96. The second kappa shape index (κ2) is 13.3. The van der Waals surface area contributed by atoms with Crippen LogP contribution in [0.1, 0.15) is 0 Å². The molecule has 0 bridgehead atoms. The minimum Gasteiger partial charge on any atom is -0.309 e. The lowest BCUT2D eigenvalue weighted by atomic mass is 9.99. The smallest absolute Gasteiger partial charge is 0.164 e. The summed E-state index contributed by atoms with van der Waals surface area (Å²) in [5, 5.41) is 4.97. The maximum absolute atomic E-state index is 5.07. The highest BCUT2D eigenvalue weighted by Crippen LogP contribution is 2.44. The molecule has 56 heavy (non-hydrogen) atoms. The van der Waals surface area contributed by atoms with E-state index in [1.54, 1.807) is 0 Å². The number of thiophene rings is 1. The number of benzene rings is 8. The molecular weight excluding hydrogens is 701 g/mol. The lowest BCUT2D eigenvalue weighted by molar-refractivity contribution is 1.07. The van der Waals surface area contributed by atoms with E-state index in [0.29, 0.717) is 17.5 Å². The van der Waals surface area contributed by atoms with Gasteiger partial charge in [-0.2, -0.15) is 0 Å². The van der Waals surface area contributed by atoms with Gasteiger partial charge in [0.25, 0.3) is 0 Å². The molecule has 0 fully saturated rings. The van der Waals surface area contributed by atoms with Gasteiger partial charge in [0.2, 0.25) is 0 Å². The van der Waals surface area contributed by atoms with Crippen molar-refractivity contribution in [2.75, 3.05) is 0 Å². The van der Waals surface area contributed by atoms with Gasteiger partial charge in [0.1, 0.15) is 0 Å². The van der Waals surface area contributed by atoms with Crippen LogP contribution in [0, 0.1) is 0 Å². The summed E-state index contributed by atoms with van der Waals surface area (Å²) in [6.07, 6.45) is 0. The number of rotatable bonds is 6. The third kappa shape index (κ3) is 5.48. The normalized spacial score (nSPS) is 11.6. The molecule has 5 heteroatoms. The summed E-state index contributed by atoms with van der Waals surface area (Å²) in [4.78, 5) is 15.1. The Hall–Kier alpha value is -7.21. The molecule has 0 atom stereocenters. The molecule has 0 aliphatic rings. The highest BCUT2D eigenvalue weighted by atomic mass is 32.1. The van der Waals surface area contributed by atoms with Crippen LogP contribution in [0.4, 0.5) is 0 Å². The minimum absolute atomic E-state index is 0.638. The second-order valence-corrected chi connectivity index (χ2v) is 15.1. The average molecular weight is 733 g/mol. The Morgan fingerprint density at radius 1 is 0.339 bits per heavy atom. The lowest BCUT2D eigenvalue weighted by Gasteiger charge is -2.14. The van der Waals surface area contributed by atoms with Gasteiger partial charge in [0, 0.05) is 58.9 Å². The van der Waals surface area contributed by atoms with Crippen LogP contribution in [0.15, 0.2) is 194 Å². The fourth-order valence-corrected chi connectivity index (χ4v) is 9.20. The van der Waals surface area contributed by atoms with E-state index in [1.165, 1.54) is 58.7 Å². The Morgan fingerprint density at radius 2 is 0.893 bits per heavy atom. The molecule has 11 rings (SSSR count). The van der Waals surface area contributed by atoms with Crippen molar-refractivity contribution >= 4 is 53.3 Å². The van der Waals surface area contributed by atoms with Gasteiger partial charge in [-0.3, -0.25) is 0 Å². The van der Waals surface area contributed by atoms with Crippen molar-refractivity contribution in [2.24, 2.45) is 0 Å². The predicted molar refractivity (Wildman–Crippen MR) is 234 cm³/mol. The van der Waals surface area contributed by atoms with Crippen LogP contribution in [0.5, 0.6) is 0 Å². The van der Waals surface area contributed by atoms with Crippen LogP contribution < -0.4 is 0 Å². The Bertz CT molecular complexity index is 3180. The third-order valence-electron chi connectivity index (χ3n) is 10.6. The summed E-state index contributed by atoms with van der Waals surface area (Å²) in [7, 11) is 0. The minimum atomic E-state index is 0.638. The average Bonchev–Trinajstić information content (AvgIpc) is 3.82. The molecule has 0 saturated carbocycles. The zero-order valence-electron chi connectivity index (χ0n) is 30.2. The van der Waals surface area contributed by atoms with Crippen LogP contribution in [-0.2, 0) is 0 Å². The van der Waals surface area contributed by atoms with Crippen molar-refractivity contribution in [3.8, 4) is 62.1 Å². The summed E-state index contributed by atoms with van der Waals surface area (Å²) >= 11 is 1.85. The standard InChI is InChI=1S/C51H32N4S/c1-4-15-33(16-5-1)36-27-28-41-40-23-10-12-25-45(40)55(46(41)30-36)39-31-43(48-44(32-39)42-24-11-13-26-47(42)56-48)37-21-14-22-38(29-37)51-53-49(34-17-6-2-7-18-34)52-50(54-51)35-19-8-3-9-20-35/h1-32H. The quantitative estimate of drug-likeness (QED) is 0.171. The Morgan fingerprint density at radius 3 is 1.61 bits per heavy atom. The summed E-state index contributed by atoms with van der Waals surface area (Å²) in [5.74, 6) is 1.93. The molecule has 3 aromatic heterocycles. The zero-order valence-corrected chi connectivity index (χ0v) is 31.0. The second-order valence-electron chi connectivity index (χ2n) is 14.0. The topological polar surface area (TPSA) is 43.6 Å². The van der Waals surface area contributed by atoms with Crippen LogP contribution in [0.25, 0.3) is 104 Å². The van der Waals surface area contributed by atoms with Gasteiger partial charge in [0.15, 0.2) is 17.5 Å². The van der Waals surface area contributed by atoms with Gasteiger partial charge < -0.3 is 4.57 Å². The molecule has 0 saturated heterocycles. The number of nitrogens with zero attached hydrogens (tertiary/aromatic N) is 4. The molecule has 11 aromatic rings. The molecule has 0 radical (unpaired) electrons. The highest BCUT2D eigenvalue weighted by Gasteiger charge is 2.19. The maximum Gasteiger partial charge on any atom is 0.164 e. The fourth-order valence-electron chi connectivity index (χ4n) is 7.98. The van der Waals surface area contributed by atoms with E-state index < -0.39 is 0 Å². The van der Waals surface area contributed by atoms with Gasteiger partial charge in [-0.05, 0) is 53.1 Å². The van der Waals surface area contributed by atoms with E-state index in [4.69, 9.17) is 15.0 Å². The van der Waals surface area contributed by atoms with Gasteiger partial charge in [-0.25, -0.2) is 15.0 Å². The van der Waals surface area contributed by atoms with Gasteiger partial charge in [0.05, 0.1) is 11.0 Å². The number of fused-ring (bicyclic) bond motifs is 6. The molecule has 0 unspecified atom stereocenters. The van der Waals surface area contributed by atoms with E-state index in [0.717, 1.165) is 27.9 Å². The monoisotopic (exact) mass is 732 g/mol. The Balaban J connectivity index is 1.15. The largest absolute Gasteiger partial charge is 0.309 e. The summed E-state index contributed by atoms with van der Waals surface area (Å²) in [6.45, 7) is 0. The first kappa shape index (κ1) is 32.2. The van der Waals surface area contributed by atoms with Crippen LogP contribution >= 0.6 is 11.3 Å². The number of hydrogen-bond acceptors (Lipinski definition) is 4. The molecule has 0 aliphatic carbocycles. The predicted octanol–water partition coefficient (Wildman–Crippen LogP) is 13.7. The first-order valence-corrected chi connectivity index (χ1v) is 19.6. The summed E-state index contributed by atoms with van der Waals surface area (Å²) in [6, 6.07) is 68.7. The maximum atomic E-state index is 5.07. The summed E-state index contributed by atoms with van der Waals surface area (Å²) in [5.41, 5.74) is 11.0. The van der Waals surface area contributed by atoms with Crippen molar-refractivity contribution in [1.82, 2.24) is 19.5 Å². The van der Waals surface area contributed by atoms with E-state index in [1.807, 2.05) is 72.0 Å². The molecule has 0 aliphatic heterocycles. The molecule has 4 nitrogen and oxygen atoms in total. The first-order valence-electron chi connectivity index (χ1n) is 18.8. The van der Waals surface area contributed by atoms with Crippen molar-refractivity contribution in [3.05, 3.63) is 194 Å². The van der Waals surface area contributed by atoms with Crippen LogP contribution in [0.2, 0.25) is 0 Å². The van der Waals surface area contributed by atoms with Crippen molar-refractivity contribution in [2.45, 2.75) is 0 Å². The van der Waals surface area contributed by atoms with E-state index in [2.05, 4.69) is 138 Å². The van der Waals surface area contributed by atoms with Crippen molar-refractivity contribution < 1.29 is 0 Å². The van der Waals surface area contributed by atoms with Crippen LogP contribution in [0.3, 0.4) is 0 Å². The Kier molecular flexibility index (Phi) is 7.64. The SMILES string of the molecule is c1ccc(-c2ccc3c4ccccc4n(-c4cc(-c5cccc(-c6nc(-c7ccccc7)nc(-c7ccccc7)n6)c5)c5sc6ccccc6c5c4)c3c2)cc1. The Labute approximate surface area is 327 Å². The molecule has 262 valence electrons. The van der Waals surface area contributed by atoms with Gasteiger partial charge in [-0.15, -0.1) is 11.3 Å². The van der Waals surface area contributed by atoms with Crippen molar-refractivity contribution in [3.63, 3.8) is 0 Å². The van der Waals surface area contributed by atoms with Crippen LogP contribution in [-0.4, -0.2) is 19.5 Å². The molecule has 0 amide bonds. The first-order chi connectivity index (χ1) is 27.7.